The molecule has 166 valence electrons. The molecule has 8 heteroatoms. The number of unbranched alkanes of at least 4 members (excludes halogenated alkanes) is 2. The van der Waals surface area contributed by atoms with E-state index in [9.17, 15) is 33.0 Å². The summed E-state index contributed by atoms with van der Waals surface area (Å²) in [6, 6.07) is 0. The number of carboxylic acid groups (broad SMARTS) is 1. The third kappa shape index (κ3) is 7.93. The van der Waals surface area contributed by atoms with E-state index in [4.69, 9.17) is 5.11 Å². The van der Waals surface area contributed by atoms with Crippen LogP contribution in [0.2, 0.25) is 0 Å². The molecule has 1 unspecified atom stereocenters. The minimum absolute atomic E-state index is 0.0497. The van der Waals surface area contributed by atoms with Crippen LogP contribution in [0.4, 0.5) is 13.2 Å². The van der Waals surface area contributed by atoms with Gasteiger partial charge in [0.05, 0.1) is 6.10 Å². The van der Waals surface area contributed by atoms with Crippen LogP contribution in [-0.4, -0.2) is 45.0 Å². The molecule has 0 aromatic heterocycles. The maximum Gasteiger partial charge on any atom is 0.417 e. The summed E-state index contributed by atoms with van der Waals surface area (Å²) in [5.74, 6) is -2.17. The van der Waals surface area contributed by atoms with Gasteiger partial charge in [-0.3, -0.25) is 9.59 Å². The lowest BCUT2D eigenvalue weighted by molar-refractivity contribution is -0.261. The number of aliphatic hydroxyl groups is 2. The van der Waals surface area contributed by atoms with E-state index in [0.29, 0.717) is 25.7 Å². The largest absolute Gasteiger partial charge is 0.481 e. The Balaban J connectivity index is 2.71. The lowest BCUT2D eigenvalue weighted by Crippen LogP contribution is -2.44. The van der Waals surface area contributed by atoms with Crippen molar-refractivity contribution in [1.82, 2.24) is 0 Å². The zero-order chi connectivity index (χ0) is 22.1. The van der Waals surface area contributed by atoms with Crippen LogP contribution in [0.15, 0.2) is 24.3 Å². The minimum Gasteiger partial charge on any atom is -0.481 e. The highest BCUT2D eigenvalue weighted by Gasteiger charge is 2.52. The Kier molecular flexibility index (Phi) is 10.1. The van der Waals surface area contributed by atoms with Crippen molar-refractivity contribution >= 4 is 11.8 Å². The summed E-state index contributed by atoms with van der Waals surface area (Å²) in [6.07, 6.45) is 1.55. The van der Waals surface area contributed by atoms with Crippen LogP contribution in [0.3, 0.4) is 0 Å². The summed E-state index contributed by atoms with van der Waals surface area (Å²) in [5.41, 5.74) is -2.81. The van der Waals surface area contributed by atoms with E-state index in [1.807, 2.05) is 0 Å². The topological polar surface area (TPSA) is 94.8 Å². The molecule has 3 N–H and O–H groups in total. The van der Waals surface area contributed by atoms with Gasteiger partial charge in [-0.25, -0.2) is 0 Å². The highest BCUT2D eigenvalue weighted by molar-refractivity contribution is 5.84. The number of carboxylic acids is 1. The summed E-state index contributed by atoms with van der Waals surface area (Å²) in [4.78, 5) is 22.6. The van der Waals surface area contributed by atoms with E-state index in [0.717, 1.165) is 0 Å². The average Bonchev–Trinajstić information content (AvgIpc) is 2.88. The van der Waals surface area contributed by atoms with Gasteiger partial charge in [0.15, 0.2) is 5.60 Å². The van der Waals surface area contributed by atoms with E-state index < -0.39 is 48.5 Å². The molecule has 0 radical (unpaired) electrons. The van der Waals surface area contributed by atoms with Gasteiger partial charge in [0.1, 0.15) is 5.78 Å². The zero-order valence-corrected chi connectivity index (χ0v) is 16.7. The fourth-order valence-corrected chi connectivity index (χ4v) is 3.51. The predicted octanol–water partition coefficient (Wildman–Crippen LogP) is 4.18. The summed E-state index contributed by atoms with van der Waals surface area (Å²) in [7, 11) is 0. The molecule has 0 saturated heterocycles. The van der Waals surface area contributed by atoms with Gasteiger partial charge in [0.25, 0.3) is 0 Å². The van der Waals surface area contributed by atoms with Crippen molar-refractivity contribution in [2.24, 2.45) is 11.8 Å². The molecule has 0 spiro atoms. The Morgan fingerprint density at radius 1 is 1.21 bits per heavy atom. The van der Waals surface area contributed by atoms with Gasteiger partial charge in [0.2, 0.25) is 0 Å². The van der Waals surface area contributed by atoms with Crippen molar-refractivity contribution in [2.75, 3.05) is 0 Å². The third-order valence-electron chi connectivity index (χ3n) is 5.34. The van der Waals surface area contributed by atoms with Crippen LogP contribution in [0.5, 0.6) is 0 Å². The first-order valence-corrected chi connectivity index (χ1v) is 10.0. The number of aliphatic carboxylic acids is 1. The molecule has 1 aliphatic rings. The SMILES string of the molecule is CCCCC(O)(C/C=C/[C@H]1[C@H](O)CC(=O)[C@@H]1C/C=C\CCCC(=O)O)C(F)(F)F. The van der Waals surface area contributed by atoms with Gasteiger partial charge in [0, 0.05) is 31.1 Å². The lowest BCUT2D eigenvalue weighted by atomic mass is 9.88. The molecule has 1 saturated carbocycles. The third-order valence-corrected chi connectivity index (χ3v) is 5.34. The molecule has 1 aliphatic carbocycles. The highest BCUT2D eigenvalue weighted by atomic mass is 19.4. The standard InChI is InChI=1S/C21H31F3O5/c1-2-3-12-20(29,21(22,23)24)13-8-10-16-15(17(25)14-18(16)26)9-6-4-5-7-11-19(27)28/h4,6,8,10,15-16,18,26,29H,2-3,5,7,9,11-14H2,1H3,(H,27,28)/b6-4-,10-8+/t15-,16-,18-,20?/m1/s1. The number of hydrogen-bond acceptors (Lipinski definition) is 4. The summed E-state index contributed by atoms with van der Waals surface area (Å²) < 4.78 is 39.7. The molecule has 0 amide bonds. The van der Waals surface area contributed by atoms with Crippen molar-refractivity contribution in [2.45, 2.75) is 82.6 Å². The van der Waals surface area contributed by atoms with Crippen molar-refractivity contribution < 1.29 is 38.1 Å². The number of allylic oxidation sites excluding steroid dienone is 2. The first-order chi connectivity index (χ1) is 13.5. The van der Waals surface area contributed by atoms with Gasteiger partial charge in [-0.1, -0.05) is 44.1 Å². The van der Waals surface area contributed by atoms with E-state index in [-0.39, 0.29) is 25.0 Å². The molecule has 0 aliphatic heterocycles. The fourth-order valence-electron chi connectivity index (χ4n) is 3.51. The number of carbonyl (C=O) groups excluding carboxylic acids is 1. The monoisotopic (exact) mass is 420 g/mol. The lowest BCUT2D eigenvalue weighted by Gasteiger charge is -2.29. The van der Waals surface area contributed by atoms with Gasteiger partial charge in [-0.05, 0) is 25.7 Å². The number of Topliss-reactive ketones (excluding diaryl/α,β-unsaturated/α-hetero) is 1. The second kappa shape index (κ2) is 11.5. The average molecular weight is 420 g/mol. The highest BCUT2D eigenvalue weighted by Crippen LogP contribution is 2.38. The van der Waals surface area contributed by atoms with Gasteiger partial charge in [-0.15, -0.1) is 0 Å². The molecule has 0 aromatic rings. The molecule has 0 heterocycles. The minimum atomic E-state index is -4.76. The normalized spacial score (nSPS) is 25.2. The maximum atomic E-state index is 13.2. The Bertz CT molecular complexity index is 600. The smallest absolute Gasteiger partial charge is 0.417 e. The van der Waals surface area contributed by atoms with Crippen molar-refractivity contribution in [1.29, 1.82) is 0 Å². The van der Waals surface area contributed by atoms with Crippen LogP contribution in [0, 0.1) is 11.8 Å². The summed E-state index contributed by atoms with van der Waals surface area (Å²) in [6.45, 7) is 1.74. The zero-order valence-electron chi connectivity index (χ0n) is 16.7. The van der Waals surface area contributed by atoms with Gasteiger partial charge >= 0.3 is 12.1 Å². The molecular weight excluding hydrogens is 389 g/mol. The van der Waals surface area contributed by atoms with Crippen LogP contribution in [0.25, 0.3) is 0 Å². The number of alkyl halides is 3. The quantitative estimate of drug-likeness (QED) is 0.325. The molecule has 5 nitrogen and oxygen atoms in total. The molecule has 29 heavy (non-hydrogen) atoms. The van der Waals surface area contributed by atoms with E-state index in [2.05, 4.69) is 0 Å². The van der Waals surface area contributed by atoms with Gasteiger partial charge < -0.3 is 15.3 Å². The fraction of sp³-hybridized carbons (Fsp3) is 0.714. The Labute approximate surface area is 169 Å². The first kappa shape index (κ1) is 25.4. The maximum absolute atomic E-state index is 13.2. The van der Waals surface area contributed by atoms with Gasteiger partial charge in [-0.2, -0.15) is 13.2 Å². The molecular formula is C21H31F3O5. The Hall–Kier alpha value is -1.67. The van der Waals surface area contributed by atoms with E-state index in [1.54, 1.807) is 19.1 Å². The van der Waals surface area contributed by atoms with Crippen molar-refractivity contribution in [3.05, 3.63) is 24.3 Å². The van der Waals surface area contributed by atoms with E-state index >= 15 is 0 Å². The van der Waals surface area contributed by atoms with Crippen molar-refractivity contribution in [3.8, 4) is 0 Å². The second-order valence-electron chi connectivity index (χ2n) is 7.68. The number of aliphatic hydroxyl groups excluding tert-OH is 1. The molecule has 4 atom stereocenters. The number of halogens is 3. The molecule has 0 aromatic carbocycles. The first-order valence-electron chi connectivity index (χ1n) is 10.0. The number of ketones is 1. The number of carbonyl (C=O) groups is 2. The summed E-state index contributed by atoms with van der Waals surface area (Å²) >= 11 is 0. The molecule has 0 bridgehead atoms. The predicted molar refractivity (Wildman–Crippen MR) is 102 cm³/mol. The van der Waals surface area contributed by atoms with Crippen LogP contribution in [0.1, 0.15) is 64.7 Å². The molecule has 1 fully saturated rings. The summed E-state index contributed by atoms with van der Waals surface area (Å²) in [5, 5.41) is 28.7. The molecule has 1 rings (SSSR count). The van der Waals surface area contributed by atoms with Crippen LogP contribution >= 0.6 is 0 Å². The van der Waals surface area contributed by atoms with Crippen LogP contribution in [-0.2, 0) is 9.59 Å². The second-order valence-corrected chi connectivity index (χ2v) is 7.68. The number of rotatable bonds is 12. The van der Waals surface area contributed by atoms with Crippen LogP contribution < -0.4 is 0 Å². The number of hydrogen-bond donors (Lipinski definition) is 3. The Morgan fingerprint density at radius 3 is 2.48 bits per heavy atom. The van der Waals surface area contributed by atoms with Crippen molar-refractivity contribution in [3.63, 3.8) is 0 Å². The van der Waals surface area contributed by atoms with E-state index in [1.165, 1.54) is 12.2 Å². The Morgan fingerprint density at radius 2 is 1.90 bits per heavy atom.